The van der Waals surface area contributed by atoms with Gasteiger partial charge in [-0.05, 0) is 24.1 Å². The molecule has 0 fully saturated rings. The van der Waals surface area contributed by atoms with E-state index in [2.05, 4.69) is 4.98 Å². The molecule has 0 radical (unpaired) electrons. The minimum Gasteiger partial charge on any atom is -0.497 e. The molecular formula is C19H26N4O5. The van der Waals surface area contributed by atoms with Crippen molar-refractivity contribution >= 4 is 17.4 Å². The van der Waals surface area contributed by atoms with Gasteiger partial charge in [0.15, 0.2) is 5.69 Å². The maximum absolute atomic E-state index is 13.0. The second kappa shape index (κ2) is 9.75. The van der Waals surface area contributed by atoms with Crippen molar-refractivity contribution in [2.75, 3.05) is 38.0 Å². The predicted molar refractivity (Wildman–Crippen MR) is 107 cm³/mol. The minimum absolute atomic E-state index is 0.0326. The highest BCUT2D eigenvalue weighted by Gasteiger charge is 2.24. The Morgan fingerprint density at radius 1 is 1.21 bits per heavy atom. The number of hydrogen-bond donors (Lipinski definition) is 2. The molecule has 1 aromatic carbocycles. The number of carbonyl (C=O) groups is 1. The fourth-order valence-corrected chi connectivity index (χ4v) is 2.84. The Balaban J connectivity index is 2.42. The Hall–Kier alpha value is -3.07. The van der Waals surface area contributed by atoms with Gasteiger partial charge in [0.2, 0.25) is 5.91 Å². The lowest BCUT2D eigenvalue weighted by atomic mass is 10.1. The summed E-state index contributed by atoms with van der Waals surface area (Å²) in [5.41, 5.74) is 5.53. The highest BCUT2D eigenvalue weighted by molar-refractivity contribution is 5.96. The Kier molecular flexibility index (Phi) is 7.39. The quantitative estimate of drug-likeness (QED) is 0.652. The van der Waals surface area contributed by atoms with Gasteiger partial charge in [0.25, 0.3) is 5.56 Å². The number of ether oxygens (including phenoxy) is 2. The normalized spacial score (nSPS) is 10.7. The van der Waals surface area contributed by atoms with Crippen molar-refractivity contribution in [1.29, 1.82) is 0 Å². The number of rotatable bonds is 9. The number of aromatic nitrogens is 2. The van der Waals surface area contributed by atoms with Crippen LogP contribution in [-0.4, -0.2) is 42.8 Å². The molecule has 152 valence electrons. The van der Waals surface area contributed by atoms with E-state index < -0.39 is 11.2 Å². The summed E-state index contributed by atoms with van der Waals surface area (Å²) in [5, 5.41) is 0. The zero-order valence-corrected chi connectivity index (χ0v) is 16.4. The third-order valence-corrected chi connectivity index (χ3v) is 4.27. The van der Waals surface area contributed by atoms with Crippen molar-refractivity contribution < 1.29 is 14.3 Å². The molecule has 9 heteroatoms. The summed E-state index contributed by atoms with van der Waals surface area (Å²) >= 11 is 0. The topological polar surface area (TPSA) is 120 Å². The van der Waals surface area contributed by atoms with Gasteiger partial charge in [-0.1, -0.05) is 19.1 Å². The first kappa shape index (κ1) is 21.2. The Morgan fingerprint density at radius 2 is 1.89 bits per heavy atom. The molecule has 0 aliphatic heterocycles. The van der Waals surface area contributed by atoms with Gasteiger partial charge in [-0.15, -0.1) is 0 Å². The number of nitrogens with zero attached hydrogens (tertiary/aromatic N) is 2. The van der Waals surface area contributed by atoms with E-state index in [-0.39, 0.29) is 37.0 Å². The summed E-state index contributed by atoms with van der Waals surface area (Å²) in [5.74, 6) is 0.315. The maximum atomic E-state index is 13.0. The molecule has 9 nitrogen and oxygen atoms in total. The molecule has 2 rings (SSSR count). The summed E-state index contributed by atoms with van der Waals surface area (Å²) < 4.78 is 11.5. The van der Waals surface area contributed by atoms with Crippen LogP contribution in [0, 0.1) is 0 Å². The second-order valence-corrected chi connectivity index (χ2v) is 6.21. The molecule has 0 saturated carbocycles. The lowest BCUT2D eigenvalue weighted by Gasteiger charge is -2.24. The first-order chi connectivity index (χ1) is 13.4. The summed E-state index contributed by atoms with van der Waals surface area (Å²) in [6.07, 6.45) is 0.701. The van der Waals surface area contributed by atoms with Gasteiger partial charge in [0.1, 0.15) is 11.6 Å². The molecular weight excluding hydrogens is 364 g/mol. The van der Waals surface area contributed by atoms with Crippen molar-refractivity contribution in [2.24, 2.45) is 0 Å². The van der Waals surface area contributed by atoms with Crippen LogP contribution in [0.2, 0.25) is 0 Å². The van der Waals surface area contributed by atoms with E-state index in [9.17, 15) is 14.4 Å². The molecule has 0 aliphatic carbocycles. The standard InChI is InChI=1S/C19H26N4O5/c1-4-9-23-17(20)16(18(25)21-19(23)26)22(10-11-27-2)15(24)12-13-5-7-14(28-3)8-6-13/h5-8H,4,9-12,20H2,1-3H3,(H,21,25,26). The minimum atomic E-state index is -0.700. The number of anilines is 2. The van der Waals surface area contributed by atoms with Crippen LogP contribution in [0.3, 0.4) is 0 Å². The zero-order valence-electron chi connectivity index (χ0n) is 16.4. The first-order valence-electron chi connectivity index (χ1n) is 8.97. The van der Waals surface area contributed by atoms with E-state index in [1.807, 2.05) is 6.92 Å². The number of nitrogens with one attached hydrogen (secondary N) is 1. The van der Waals surface area contributed by atoms with E-state index in [0.717, 1.165) is 5.56 Å². The van der Waals surface area contributed by atoms with Crippen LogP contribution in [0.1, 0.15) is 18.9 Å². The number of H-pyrrole nitrogens is 1. The maximum Gasteiger partial charge on any atom is 0.330 e. The third-order valence-electron chi connectivity index (χ3n) is 4.27. The number of nitrogen functional groups attached to an aromatic ring is 1. The number of hydrogen-bond acceptors (Lipinski definition) is 6. The number of methoxy groups -OCH3 is 2. The summed E-state index contributed by atoms with van der Waals surface area (Å²) in [7, 11) is 3.06. The fraction of sp³-hybridized carbons (Fsp3) is 0.421. The SMILES string of the molecule is CCCn1c(N)c(N(CCOC)C(=O)Cc2ccc(OC)cc2)c(=O)[nH]c1=O. The second-order valence-electron chi connectivity index (χ2n) is 6.21. The zero-order chi connectivity index (χ0) is 20.7. The van der Waals surface area contributed by atoms with E-state index in [0.29, 0.717) is 18.7 Å². The lowest BCUT2D eigenvalue weighted by molar-refractivity contribution is -0.118. The lowest BCUT2D eigenvalue weighted by Crippen LogP contribution is -2.43. The van der Waals surface area contributed by atoms with E-state index in [1.165, 1.54) is 16.6 Å². The van der Waals surface area contributed by atoms with Crippen LogP contribution >= 0.6 is 0 Å². The van der Waals surface area contributed by atoms with Crippen LogP contribution in [0.15, 0.2) is 33.9 Å². The molecule has 0 unspecified atom stereocenters. The van der Waals surface area contributed by atoms with E-state index >= 15 is 0 Å². The highest BCUT2D eigenvalue weighted by atomic mass is 16.5. The molecule has 0 spiro atoms. The van der Waals surface area contributed by atoms with Crippen LogP contribution in [0.25, 0.3) is 0 Å². The van der Waals surface area contributed by atoms with Gasteiger partial charge < -0.3 is 20.1 Å². The van der Waals surface area contributed by atoms with Crippen molar-refractivity contribution in [3.8, 4) is 5.75 Å². The first-order valence-corrected chi connectivity index (χ1v) is 8.97. The van der Waals surface area contributed by atoms with Gasteiger partial charge >= 0.3 is 5.69 Å². The number of carbonyl (C=O) groups excluding carboxylic acids is 1. The van der Waals surface area contributed by atoms with Crippen molar-refractivity contribution in [3.63, 3.8) is 0 Å². The largest absolute Gasteiger partial charge is 0.497 e. The molecule has 3 N–H and O–H groups in total. The molecule has 0 saturated heterocycles. The van der Waals surface area contributed by atoms with Gasteiger partial charge in [-0.25, -0.2) is 4.79 Å². The number of aromatic amines is 1. The average molecular weight is 390 g/mol. The van der Waals surface area contributed by atoms with Crippen molar-refractivity contribution in [2.45, 2.75) is 26.3 Å². The fourth-order valence-electron chi connectivity index (χ4n) is 2.84. The average Bonchev–Trinajstić information content (AvgIpc) is 2.68. The highest BCUT2D eigenvalue weighted by Crippen LogP contribution is 2.19. The van der Waals surface area contributed by atoms with Crippen LogP contribution in [0.4, 0.5) is 11.5 Å². The van der Waals surface area contributed by atoms with Gasteiger partial charge in [0, 0.05) is 20.2 Å². The van der Waals surface area contributed by atoms with Crippen LogP contribution in [0.5, 0.6) is 5.75 Å². The monoisotopic (exact) mass is 390 g/mol. The smallest absolute Gasteiger partial charge is 0.330 e. The molecule has 1 amide bonds. The Bertz CT molecular complexity index is 917. The Morgan fingerprint density at radius 3 is 2.46 bits per heavy atom. The molecule has 1 aromatic heterocycles. The van der Waals surface area contributed by atoms with Crippen molar-refractivity contribution in [1.82, 2.24) is 9.55 Å². The Labute approximate surface area is 162 Å². The number of nitrogens with two attached hydrogens (primary N) is 1. The molecule has 2 aromatic rings. The summed E-state index contributed by atoms with van der Waals surface area (Å²) in [4.78, 5) is 41.0. The van der Waals surface area contributed by atoms with E-state index in [4.69, 9.17) is 15.2 Å². The molecule has 28 heavy (non-hydrogen) atoms. The molecule has 0 aliphatic rings. The number of benzene rings is 1. The summed E-state index contributed by atoms with van der Waals surface area (Å²) in [6.45, 7) is 2.55. The third kappa shape index (κ3) is 4.80. The van der Waals surface area contributed by atoms with Crippen LogP contribution < -0.4 is 26.6 Å². The van der Waals surface area contributed by atoms with Gasteiger partial charge in [-0.2, -0.15) is 0 Å². The number of amides is 1. The molecule has 1 heterocycles. The molecule has 0 bridgehead atoms. The predicted octanol–water partition coefficient (Wildman–Crippen LogP) is 0.760. The van der Waals surface area contributed by atoms with Crippen LogP contribution in [-0.2, 0) is 22.5 Å². The summed E-state index contributed by atoms with van der Waals surface area (Å²) in [6, 6.07) is 7.06. The van der Waals surface area contributed by atoms with E-state index in [1.54, 1.807) is 31.4 Å². The molecule has 0 atom stereocenters. The van der Waals surface area contributed by atoms with Gasteiger partial charge in [-0.3, -0.25) is 19.1 Å². The van der Waals surface area contributed by atoms with Gasteiger partial charge in [0.05, 0.1) is 20.1 Å². The van der Waals surface area contributed by atoms with Crippen molar-refractivity contribution in [3.05, 3.63) is 50.7 Å².